The van der Waals surface area contributed by atoms with E-state index >= 15 is 0 Å². The lowest BCUT2D eigenvalue weighted by Gasteiger charge is -2.20. The molecule has 0 amide bonds. The maximum absolute atomic E-state index is 14.1. The number of fused-ring (bicyclic) bond motifs is 6. The lowest BCUT2D eigenvalue weighted by Crippen LogP contribution is -2.11. The monoisotopic (exact) mass is 673 g/mol. The first-order chi connectivity index (χ1) is 23.9. The molecule has 2 heterocycles. The number of halogens is 6. The standard InChI is InChI=1S/C41H25F6N3/c1-23-9-7-15-34-38(23)29-11-3-5-13-32(29)49(34)36-19-26(25-17-27(40(42,43)44)21-28(18-25)41(45,46)47)20-37(31(36)22-48)50-33-14-6-4-12-30(33)39-24(2)10-8-16-35(39)50/h3-21H,1-2H3. The van der Waals surface area contributed by atoms with Crippen LogP contribution >= 0.6 is 0 Å². The molecule has 0 unspecified atom stereocenters. The Kier molecular flexibility index (Phi) is 6.88. The smallest absolute Gasteiger partial charge is 0.308 e. The molecule has 0 spiro atoms. The summed E-state index contributed by atoms with van der Waals surface area (Å²) in [5.41, 5.74) is 2.68. The quantitative estimate of drug-likeness (QED) is 0.172. The van der Waals surface area contributed by atoms with Crippen molar-refractivity contribution in [1.29, 1.82) is 5.26 Å². The lowest BCUT2D eigenvalue weighted by atomic mass is 9.96. The minimum absolute atomic E-state index is 0.0859. The summed E-state index contributed by atoms with van der Waals surface area (Å²) in [6.07, 6.45) is -10.1. The van der Waals surface area contributed by atoms with E-state index in [1.165, 1.54) is 12.1 Å². The fourth-order valence-electron chi connectivity index (χ4n) is 7.28. The van der Waals surface area contributed by atoms with Gasteiger partial charge in [-0.1, -0.05) is 60.7 Å². The second kappa shape index (κ2) is 11.0. The van der Waals surface area contributed by atoms with E-state index in [1.807, 2.05) is 108 Å². The lowest BCUT2D eigenvalue weighted by molar-refractivity contribution is -0.143. The fraction of sp³-hybridized carbons (Fsp3) is 0.0976. The van der Waals surface area contributed by atoms with Crippen molar-refractivity contribution in [2.24, 2.45) is 0 Å². The molecular formula is C41H25F6N3. The van der Waals surface area contributed by atoms with Crippen LogP contribution in [0.1, 0.15) is 27.8 Å². The van der Waals surface area contributed by atoms with Gasteiger partial charge in [-0.25, -0.2) is 0 Å². The van der Waals surface area contributed by atoms with Crippen LogP contribution in [0.25, 0.3) is 66.1 Å². The molecule has 0 saturated carbocycles. The predicted molar refractivity (Wildman–Crippen MR) is 185 cm³/mol. The molecule has 0 fully saturated rings. The van der Waals surface area contributed by atoms with Gasteiger partial charge in [0, 0.05) is 21.5 Å². The summed E-state index contributed by atoms with van der Waals surface area (Å²) >= 11 is 0. The van der Waals surface area contributed by atoms with Gasteiger partial charge in [0.15, 0.2) is 0 Å². The van der Waals surface area contributed by atoms with Crippen molar-refractivity contribution in [3.8, 4) is 28.6 Å². The molecule has 6 aromatic carbocycles. The number of nitriles is 1. The Morgan fingerprint density at radius 1 is 0.500 bits per heavy atom. The number of hydrogen-bond acceptors (Lipinski definition) is 1. The molecule has 8 aromatic rings. The first-order valence-corrected chi connectivity index (χ1v) is 15.7. The van der Waals surface area contributed by atoms with Crippen LogP contribution in [-0.4, -0.2) is 9.13 Å². The van der Waals surface area contributed by atoms with Crippen LogP contribution in [0.15, 0.2) is 115 Å². The maximum atomic E-state index is 14.1. The van der Waals surface area contributed by atoms with Gasteiger partial charge in [0.05, 0.1) is 44.6 Å². The highest BCUT2D eigenvalue weighted by Gasteiger charge is 2.37. The van der Waals surface area contributed by atoms with E-state index in [0.29, 0.717) is 11.4 Å². The topological polar surface area (TPSA) is 33.6 Å². The fourth-order valence-corrected chi connectivity index (χ4v) is 7.28. The highest BCUT2D eigenvalue weighted by atomic mass is 19.4. The first-order valence-electron chi connectivity index (χ1n) is 15.7. The Labute approximate surface area is 281 Å². The summed E-state index contributed by atoms with van der Waals surface area (Å²) in [6, 6.07) is 33.7. The van der Waals surface area contributed by atoms with Gasteiger partial charge in [0.25, 0.3) is 0 Å². The van der Waals surface area contributed by atoms with Crippen molar-refractivity contribution in [3.05, 3.63) is 143 Å². The summed E-state index contributed by atoms with van der Waals surface area (Å²) in [7, 11) is 0. The predicted octanol–water partition coefficient (Wildman–Crippen LogP) is 12.1. The van der Waals surface area contributed by atoms with Crippen molar-refractivity contribution >= 4 is 43.6 Å². The molecule has 0 aliphatic rings. The second-order valence-corrected chi connectivity index (χ2v) is 12.4. The van der Waals surface area contributed by atoms with Gasteiger partial charge in [-0.2, -0.15) is 31.6 Å². The largest absolute Gasteiger partial charge is 0.416 e. The normalized spacial score (nSPS) is 12.4. The van der Waals surface area contributed by atoms with Crippen molar-refractivity contribution < 1.29 is 26.3 Å². The molecule has 2 aromatic heterocycles. The molecule has 0 aliphatic heterocycles. The van der Waals surface area contributed by atoms with Gasteiger partial charge >= 0.3 is 12.4 Å². The molecule has 0 radical (unpaired) electrons. The molecule has 0 aliphatic carbocycles. The third-order valence-corrected chi connectivity index (χ3v) is 9.42. The number of aryl methyl sites for hydroxylation is 2. The van der Waals surface area contributed by atoms with Gasteiger partial charge in [-0.15, -0.1) is 0 Å². The summed E-state index contributed by atoms with van der Waals surface area (Å²) in [5, 5.41) is 14.6. The molecule has 50 heavy (non-hydrogen) atoms. The third-order valence-electron chi connectivity index (χ3n) is 9.42. The highest BCUT2D eigenvalue weighted by Crippen LogP contribution is 2.43. The van der Waals surface area contributed by atoms with Crippen LogP contribution in [-0.2, 0) is 12.4 Å². The van der Waals surface area contributed by atoms with Crippen molar-refractivity contribution in [3.63, 3.8) is 0 Å². The number of aromatic nitrogens is 2. The maximum Gasteiger partial charge on any atom is 0.416 e. The van der Waals surface area contributed by atoms with E-state index in [9.17, 15) is 31.6 Å². The molecule has 0 bridgehead atoms. The van der Waals surface area contributed by atoms with E-state index < -0.39 is 23.5 Å². The average Bonchev–Trinajstić information content (AvgIpc) is 3.61. The van der Waals surface area contributed by atoms with Crippen LogP contribution in [0.5, 0.6) is 0 Å². The van der Waals surface area contributed by atoms with Gasteiger partial charge < -0.3 is 9.13 Å². The molecule has 0 N–H and O–H groups in total. The summed E-state index contributed by atoms with van der Waals surface area (Å²) in [4.78, 5) is 0. The third kappa shape index (κ3) is 4.74. The van der Waals surface area contributed by atoms with Gasteiger partial charge in [0.1, 0.15) is 11.6 Å². The Balaban J connectivity index is 1.58. The van der Waals surface area contributed by atoms with Crippen molar-refractivity contribution in [1.82, 2.24) is 9.13 Å². The number of alkyl halides is 6. The molecule has 246 valence electrons. The number of rotatable bonds is 3. The SMILES string of the molecule is Cc1cccc2c1c1ccccc1n2-c1cc(-c2cc(C(F)(F)F)cc(C(F)(F)F)c2)cc(-n2c3ccccc3c3c(C)cccc32)c1C#N. The summed E-state index contributed by atoms with van der Waals surface area (Å²) in [6.45, 7) is 3.93. The minimum atomic E-state index is -5.04. The first kappa shape index (κ1) is 31.3. The van der Waals surface area contributed by atoms with E-state index in [0.717, 1.165) is 66.9 Å². The Hall–Kier alpha value is -6.01. The summed E-state index contributed by atoms with van der Waals surface area (Å²) < 4.78 is 88.5. The van der Waals surface area contributed by atoms with Crippen molar-refractivity contribution in [2.45, 2.75) is 26.2 Å². The van der Waals surface area contributed by atoms with Crippen LogP contribution in [0.2, 0.25) is 0 Å². The van der Waals surface area contributed by atoms with E-state index in [-0.39, 0.29) is 22.8 Å². The Morgan fingerprint density at radius 3 is 1.32 bits per heavy atom. The van der Waals surface area contributed by atoms with Gasteiger partial charge in [0.2, 0.25) is 0 Å². The number of para-hydroxylation sites is 2. The zero-order valence-electron chi connectivity index (χ0n) is 26.6. The highest BCUT2D eigenvalue weighted by molar-refractivity contribution is 6.12. The molecule has 0 atom stereocenters. The van der Waals surface area contributed by atoms with E-state index in [4.69, 9.17) is 0 Å². The minimum Gasteiger partial charge on any atom is -0.308 e. The number of nitrogens with zero attached hydrogens (tertiary/aromatic N) is 3. The Morgan fingerprint density at radius 2 is 0.900 bits per heavy atom. The van der Waals surface area contributed by atoms with Crippen molar-refractivity contribution in [2.75, 3.05) is 0 Å². The Bertz CT molecular complexity index is 2550. The second-order valence-electron chi connectivity index (χ2n) is 12.4. The van der Waals surface area contributed by atoms with Gasteiger partial charge in [-0.3, -0.25) is 0 Å². The number of hydrogen-bond donors (Lipinski definition) is 0. The molecule has 0 saturated heterocycles. The van der Waals surface area contributed by atoms with E-state index in [1.54, 1.807) is 0 Å². The van der Waals surface area contributed by atoms with E-state index in [2.05, 4.69) is 6.07 Å². The van der Waals surface area contributed by atoms with Crippen LogP contribution in [0, 0.1) is 25.2 Å². The van der Waals surface area contributed by atoms with Crippen LogP contribution in [0.4, 0.5) is 26.3 Å². The zero-order valence-corrected chi connectivity index (χ0v) is 26.6. The van der Waals surface area contributed by atoms with Crippen LogP contribution < -0.4 is 0 Å². The molecule has 3 nitrogen and oxygen atoms in total. The summed E-state index contributed by atoms with van der Waals surface area (Å²) in [5.74, 6) is 0. The van der Waals surface area contributed by atoms with Crippen LogP contribution in [0.3, 0.4) is 0 Å². The molecule has 8 rings (SSSR count). The van der Waals surface area contributed by atoms with Gasteiger partial charge in [-0.05, 0) is 90.7 Å². The molecular weight excluding hydrogens is 648 g/mol. The zero-order chi connectivity index (χ0) is 35.1. The number of benzene rings is 6. The molecule has 9 heteroatoms. The average molecular weight is 674 g/mol.